The van der Waals surface area contributed by atoms with Gasteiger partial charge in [0.15, 0.2) is 5.96 Å². The van der Waals surface area contributed by atoms with Crippen LogP contribution in [-0.4, -0.2) is 71.7 Å². The Bertz CT molecular complexity index is 943. The highest BCUT2D eigenvalue weighted by Gasteiger charge is 2.27. The number of benzene rings is 1. The average Bonchev–Trinajstić information content (AvgIpc) is 3.16. The monoisotopic (exact) mass is 429 g/mol. The second-order valence-corrected chi connectivity index (χ2v) is 7.23. The van der Waals surface area contributed by atoms with Crippen molar-refractivity contribution in [1.29, 1.82) is 0 Å². The Labute approximate surface area is 180 Å². The van der Waals surface area contributed by atoms with E-state index in [9.17, 15) is 14.0 Å². The van der Waals surface area contributed by atoms with Gasteiger partial charge in [0.1, 0.15) is 12.4 Å². The lowest BCUT2D eigenvalue weighted by Gasteiger charge is -2.35. The van der Waals surface area contributed by atoms with E-state index in [1.165, 1.54) is 12.1 Å². The van der Waals surface area contributed by atoms with Gasteiger partial charge >= 0.3 is 0 Å². The Hall–Kier alpha value is -3.43. The average molecular weight is 430 g/mol. The van der Waals surface area contributed by atoms with Crippen LogP contribution in [0.5, 0.6) is 0 Å². The molecular weight excluding hydrogens is 401 g/mol. The molecule has 1 aliphatic heterocycles. The zero-order valence-corrected chi connectivity index (χ0v) is 17.8. The van der Waals surface area contributed by atoms with Gasteiger partial charge in [0.25, 0.3) is 0 Å². The van der Waals surface area contributed by atoms with Crippen LogP contribution in [0.3, 0.4) is 0 Å². The maximum Gasteiger partial charge on any atom is 0.246 e. The van der Waals surface area contributed by atoms with Crippen LogP contribution in [0.15, 0.2) is 41.7 Å². The molecule has 166 valence electrons. The van der Waals surface area contributed by atoms with E-state index in [0.717, 1.165) is 5.69 Å². The summed E-state index contributed by atoms with van der Waals surface area (Å²) in [5, 5.41) is 10.1. The Balaban J connectivity index is 1.49. The molecule has 2 heterocycles. The van der Waals surface area contributed by atoms with Gasteiger partial charge in [-0.3, -0.25) is 19.3 Å². The molecule has 31 heavy (non-hydrogen) atoms. The van der Waals surface area contributed by atoms with E-state index < -0.39 is 0 Å². The number of nitrogens with zero attached hydrogens (tertiary/aromatic N) is 5. The largest absolute Gasteiger partial charge is 0.357 e. The van der Waals surface area contributed by atoms with E-state index in [1.54, 1.807) is 27.9 Å². The van der Waals surface area contributed by atoms with Gasteiger partial charge in [-0.1, -0.05) is 12.1 Å². The topological polar surface area (TPSA) is 94.9 Å². The minimum atomic E-state index is -0.358. The molecule has 0 radical (unpaired) electrons. The molecule has 1 fully saturated rings. The lowest BCUT2D eigenvalue weighted by Crippen LogP contribution is -2.55. The van der Waals surface area contributed by atoms with E-state index in [4.69, 9.17) is 0 Å². The van der Waals surface area contributed by atoms with Gasteiger partial charge in [0.05, 0.1) is 24.8 Å². The molecule has 1 aromatic carbocycles. The van der Waals surface area contributed by atoms with Crippen molar-refractivity contribution in [3.63, 3.8) is 0 Å². The molecule has 1 aliphatic rings. The quantitative estimate of drug-likeness (QED) is 0.380. The molecule has 1 saturated heterocycles. The Morgan fingerprint density at radius 3 is 2.81 bits per heavy atom. The van der Waals surface area contributed by atoms with Crippen LogP contribution >= 0.6 is 0 Å². The lowest BCUT2D eigenvalue weighted by molar-refractivity contribution is -0.121. The van der Waals surface area contributed by atoms with E-state index in [1.807, 2.05) is 25.1 Å². The molecule has 0 unspecified atom stereocenters. The highest BCUT2D eigenvalue weighted by atomic mass is 19.1. The number of amides is 2. The number of carbonyl (C=O) groups is 2. The van der Waals surface area contributed by atoms with Crippen molar-refractivity contribution in [2.24, 2.45) is 12.0 Å². The van der Waals surface area contributed by atoms with Crippen LogP contribution in [0.25, 0.3) is 0 Å². The molecule has 0 atom stereocenters. The molecule has 1 aromatic heterocycles. The van der Waals surface area contributed by atoms with Crippen LogP contribution in [0.4, 0.5) is 10.1 Å². The standard InChI is InChI=1S/C21H28FN7O2/c1-3-23-21(25-8-7-24-19(30)12-16-5-4-6-17(22)11-16)28-9-10-29(20(31)15-28)18-13-26-27(2)14-18/h4-6,11,13-14H,3,7-10,12,15H2,1-2H3,(H,23,25)(H,24,30). The number of anilines is 1. The van der Waals surface area contributed by atoms with Crippen molar-refractivity contribution in [2.75, 3.05) is 44.2 Å². The number of aliphatic imine (C=N–C) groups is 1. The van der Waals surface area contributed by atoms with Crippen LogP contribution < -0.4 is 15.5 Å². The van der Waals surface area contributed by atoms with E-state index in [-0.39, 0.29) is 30.6 Å². The first-order chi connectivity index (χ1) is 15.0. The van der Waals surface area contributed by atoms with Crippen molar-refractivity contribution in [1.82, 2.24) is 25.3 Å². The summed E-state index contributed by atoms with van der Waals surface area (Å²) in [6, 6.07) is 6.00. The molecule has 0 aliphatic carbocycles. The fourth-order valence-corrected chi connectivity index (χ4v) is 3.35. The van der Waals surface area contributed by atoms with Gasteiger partial charge in [0.2, 0.25) is 11.8 Å². The summed E-state index contributed by atoms with van der Waals surface area (Å²) in [6.45, 7) is 4.75. The van der Waals surface area contributed by atoms with Gasteiger partial charge in [-0.15, -0.1) is 0 Å². The van der Waals surface area contributed by atoms with E-state index >= 15 is 0 Å². The summed E-state index contributed by atoms with van der Waals surface area (Å²) in [5.41, 5.74) is 1.41. The van der Waals surface area contributed by atoms with Crippen LogP contribution in [-0.2, 0) is 23.1 Å². The number of aryl methyl sites for hydroxylation is 1. The Kier molecular flexibility index (Phi) is 7.58. The first-order valence-electron chi connectivity index (χ1n) is 10.3. The highest BCUT2D eigenvalue weighted by molar-refractivity contribution is 5.98. The van der Waals surface area contributed by atoms with Crippen molar-refractivity contribution >= 4 is 23.5 Å². The zero-order valence-electron chi connectivity index (χ0n) is 17.8. The molecule has 3 rings (SSSR count). The van der Waals surface area contributed by atoms with Gasteiger partial charge in [-0.25, -0.2) is 4.39 Å². The predicted molar refractivity (Wildman–Crippen MR) is 116 cm³/mol. The number of piperazine rings is 1. The highest BCUT2D eigenvalue weighted by Crippen LogP contribution is 2.16. The molecule has 2 amide bonds. The fraction of sp³-hybridized carbons (Fsp3) is 0.429. The zero-order chi connectivity index (χ0) is 22.2. The number of hydrogen-bond donors (Lipinski definition) is 2. The summed E-state index contributed by atoms with van der Waals surface area (Å²) >= 11 is 0. The maximum absolute atomic E-state index is 13.2. The second kappa shape index (κ2) is 10.6. The van der Waals surface area contributed by atoms with Crippen LogP contribution in [0, 0.1) is 5.82 Å². The third-order valence-electron chi connectivity index (χ3n) is 4.81. The minimum Gasteiger partial charge on any atom is -0.357 e. The molecule has 0 spiro atoms. The number of nitrogens with one attached hydrogen (secondary N) is 2. The van der Waals surface area contributed by atoms with Crippen molar-refractivity contribution in [3.8, 4) is 0 Å². The van der Waals surface area contributed by atoms with Gasteiger partial charge in [-0.05, 0) is 24.6 Å². The third kappa shape index (κ3) is 6.27. The van der Waals surface area contributed by atoms with Gasteiger partial charge in [-0.2, -0.15) is 5.10 Å². The summed E-state index contributed by atoms with van der Waals surface area (Å²) in [5.74, 6) is 0.0729. The number of carbonyl (C=O) groups excluding carboxylic acids is 2. The van der Waals surface area contributed by atoms with Gasteiger partial charge in [0, 0.05) is 39.4 Å². The predicted octanol–water partition coefficient (Wildman–Crippen LogP) is 0.532. The number of rotatable bonds is 7. The summed E-state index contributed by atoms with van der Waals surface area (Å²) in [4.78, 5) is 32.8. The number of guanidine groups is 1. The molecule has 2 aromatic rings. The Morgan fingerprint density at radius 1 is 1.29 bits per heavy atom. The normalized spacial score (nSPS) is 14.7. The first-order valence-corrected chi connectivity index (χ1v) is 10.3. The van der Waals surface area contributed by atoms with Crippen LogP contribution in [0.2, 0.25) is 0 Å². The van der Waals surface area contributed by atoms with Gasteiger partial charge < -0.3 is 20.4 Å². The first kappa shape index (κ1) is 22.3. The Morgan fingerprint density at radius 2 is 2.13 bits per heavy atom. The molecular formula is C21H28FN7O2. The molecule has 9 nitrogen and oxygen atoms in total. The third-order valence-corrected chi connectivity index (χ3v) is 4.81. The molecule has 2 N–H and O–H groups in total. The fourth-order valence-electron chi connectivity index (χ4n) is 3.35. The second-order valence-electron chi connectivity index (χ2n) is 7.23. The van der Waals surface area contributed by atoms with Crippen LogP contribution in [0.1, 0.15) is 12.5 Å². The number of aromatic nitrogens is 2. The number of halogens is 1. The summed E-state index contributed by atoms with van der Waals surface area (Å²) < 4.78 is 14.9. The molecule has 0 bridgehead atoms. The summed E-state index contributed by atoms with van der Waals surface area (Å²) in [7, 11) is 1.82. The number of hydrogen-bond acceptors (Lipinski definition) is 4. The SMILES string of the molecule is CCNC(=NCCNC(=O)Cc1cccc(F)c1)N1CCN(c2cnn(C)c2)C(=O)C1. The van der Waals surface area contributed by atoms with E-state index in [0.29, 0.717) is 44.2 Å². The molecule has 10 heteroatoms. The smallest absolute Gasteiger partial charge is 0.246 e. The minimum absolute atomic E-state index is 0.0201. The lowest BCUT2D eigenvalue weighted by atomic mass is 10.1. The van der Waals surface area contributed by atoms with Crippen molar-refractivity contribution in [3.05, 3.63) is 48.0 Å². The summed E-state index contributed by atoms with van der Waals surface area (Å²) in [6.07, 6.45) is 3.62. The van der Waals surface area contributed by atoms with Crippen molar-refractivity contribution in [2.45, 2.75) is 13.3 Å². The van der Waals surface area contributed by atoms with E-state index in [2.05, 4.69) is 20.7 Å². The maximum atomic E-state index is 13.2. The van der Waals surface area contributed by atoms with Crippen molar-refractivity contribution < 1.29 is 14.0 Å². The molecule has 0 saturated carbocycles.